The van der Waals surface area contributed by atoms with Crippen LogP contribution in [0.3, 0.4) is 0 Å². The van der Waals surface area contributed by atoms with E-state index in [2.05, 4.69) is 21.2 Å². The minimum absolute atomic E-state index is 0.189. The molecule has 1 N–H and O–H groups in total. The van der Waals surface area contributed by atoms with Crippen LogP contribution in [0.1, 0.15) is 10.4 Å². The number of halogens is 1. The van der Waals surface area contributed by atoms with E-state index in [9.17, 15) is 9.36 Å². The van der Waals surface area contributed by atoms with Crippen LogP contribution >= 0.6 is 34.9 Å². The predicted molar refractivity (Wildman–Crippen MR) is 96.2 cm³/mol. The van der Waals surface area contributed by atoms with Crippen LogP contribution in [0.25, 0.3) is 11.6 Å². The molecule has 2 aromatic rings. The van der Waals surface area contributed by atoms with Gasteiger partial charge >= 0.3 is 7.60 Å². The standard InChI is InChI=1S/C15H13BrNO4PS/c1-20-22(19,21-2)10-3-4-14-12(6-10)13(15(18)17-14)7-11-5-9(16)8-23-11/h3-8H,1-2H3,(H,17,18). The Morgan fingerprint density at radius 2 is 2.00 bits per heavy atom. The second kappa shape index (κ2) is 6.34. The number of benzene rings is 1. The molecule has 0 unspecified atom stereocenters. The molecule has 0 spiro atoms. The molecule has 1 aromatic carbocycles. The first kappa shape index (κ1) is 16.6. The second-order valence-electron chi connectivity index (χ2n) is 4.77. The van der Waals surface area contributed by atoms with E-state index in [1.807, 2.05) is 17.5 Å². The van der Waals surface area contributed by atoms with Gasteiger partial charge in [0.15, 0.2) is 0 Å². The fraction of sp³-hybridized carbons (Fsp3) is 0.133. The van der Waals surface area contributed by atoms with Gasteiger partial charge in [0.2, 0.25) is 0 Å². The molecule has 0 radical (unpaired) electrons. The van der Waals surface area contributed by atoms with Gasteiger partial charge in [0, 0.05) is 40.2 Å². The van der Waals surface area contributed by atoms with Gasteiger partial charge < -0.3 is 14.4 Å². The average Bonchev–Trinajstić information content (AvgIpc) is 3.10. The molecule has 1 amide bonds. The molecule has 1 aromatic heterocycles. The van der Waals surface area contributed by atoms with E-state index < -0.39 is 7.60 Å². The first-order valence-electron chi connectivity index (χ1n) is 6.60. The molecule has 120 valence electrons. The van der Waals surface area contributed by atoms with Crippen LogP contribution in [-0.2, 0) is 18.4 Å². The maximum atomic E-state index is 12.5. The fourth-order valence-corrected chi connectivity index (χ4v) is 4.81. The Labute approximate surface area is 146 Å². The number of hydrogen-bond acceptors (Lipinski definition) is 5. The molecule has 0 saturated carbocycles. The zero-order valence-electron chi connectivity index (χ0n) is 12.3. The highest BCUT2D eigenvalue weighted by Crippen LogP contribution is 2.46. The minimum atomic E-state index is -3.36. The summed E-state index contributed by atoms with van der Waals surface area (Å²) in [5, 5.41) is 5.16. The lowest BCUT2D eigenvalue weighted by Crippen LogP contribution is -2.08. The number of amides is 1. The summed E-state index contributed by atoms with van der Waals surface area (Å²) in [4.78, 5) is 13.2. The Morgan fingerprint density at radius 1 is 1.26 bits per heavy atom. The van der Waals surface area contributed by atoms with E-state index >= 15 is 0 Å². The number of carbonyl (C=O) groups excluding carboxylic acids is 1. The van der Waals surface area contributed by atoms with E-state index in [1.165, 1.54) is 25.6 Å². The van der Waals surface area contributed by atoms with E-state index in [1.54, 1.807) is 18.2 Å². The van der Waals surface area contributed by atoms with E-state index in [0.717, 1.165) is 9.35 Å². The van der Waals surface area contributed by atoms with Crippen molar-refractivity contribution in [2.45, 2.75) is 0 Å². The summed E-state index contributed by atoms with van der Waals surface area (Å²) in [5.74, 6) is -0.189. The van der Waals surface area contributed by atoms with Crippen molar-refractivity contribution in [2.75, 3.05) is 19.5 Å². The molecule has 5 nitrogen and oxygen atoms in total. The van der Waals surface area contributed by atoms with Gasteiger partial charge in [0.25, 0.3) is 5.91 Å². The molecular formula is C15H13BrNO4PS. The zero-order chi connectivity index (χ0) is 16.6. The molecule has 0 aliphatic carbocycles. The van der Waals surface area contributed by atoms with Gasteiger partial charge in [0.1, 0.15) is 0 Å². The molecule has 2 heterocycles. The quantitative estimate of drug-likeness (QED) is 0.604. The lowest BCUT2D eigenvalue weighted by atomic mass is 10.1. The maximum absolute atomic E-state index is 12.5. The number of anilines is 1. The summed E-state index contributed by atoms with van der Waals surface area (Å²) in [6.07, 6.45) is 1.81. The molecule has 1 aliphatic heterocycles. The molecule has 0 bridgehead atoms. The van der Waals surface area contributed by atoms with Gasteiger partial charge in [0.05, 0.1) is 10.9 Å². The predicted octanol–water partition coefficient (Wildman–Crippen LogP) is 4.11. The van der Waals surface area contributed by atoms with Crippen LogP contribution in [0, 0.1) is 0 Å². The van der Waals surface area contributed by atoms with E-state index in [0.29, 0.717) is 22.1 Å². The average molecular weight is 414 g/mol. The summed E-state index contributed by atoms with van der Waals surface area (Å²) in [5.41, 5.74) is 1.89. The van der Waals surface area contributed by atoms with Crippen LogP contribution in [0.15, 0.2) is 34.1 Å². The normalized spacial score (nSPS) is 15.8. The van der Waals surface area contributed by atoms with Gasteiger partial charge in [-0.3, -0.25) is 9.36 Å². The Hall–Kier alpha value is -1.24. The highest BCUT2D eigenvalue weighted by molar-refractivity contribution is 9.10. The van der Waals surface area contributed by atoms with Gasteiger partial charge in [-0.1, -0.05) is 0 Å². The van der Waals surface area contributed by atoms with E-state index in [4.69, 9.17) is 9.05 Å². The summed E-state index contributed by atoms with van der Waals surface area (Å²) in [6.45, 7) is 0. The highest BCUT2D eigenvalue weighted by atomic mass is 79.9. The van der Waals surface area contributed by atoms with Gasteiger partial charge in [-0.25, -0.2) is 0 Å². The number of thiophene rings is 1. The lowest BCUT2D eigenvalue weighted by Gasteiger charge is -2.14. The van der Waals surface area contributed by atoms with Crippen molar-refractivity contribution in [3.05, 3.63) is 44.6 Å². The minimum Gasteiger partial charge on any atom is -0.321 e. The molecule has 1 aliphatic rings. The number of carbonyl (C=O) groups is 1. The van der Waals surface area contributed by atoms with Crippen molar-refractivity contribution in [2.24, 2.45) is 0 Å². The summed E-state index contributed by atoms with van der Waals surface area (Å²) in [7, 11) is -0.693. The Morgan fingerprint density at radius 3 is 2.61 bits per heavy atom. The maximum Gasteiger partial charge on any atom is 0.360 e. The van der Waals surface area contributed by atoms with Gasteiger partial charge in [-0.2, -0.15) is 0 Å². The zero-order valence-corrected chi connectivity index (χ0v) is 15.6. The summed E-state index contributed by atoms with van der Waals surface area (Å²) in [6, 6.07) is 6.95. The monoisotopic (exact) mass is 413 g/mol. The third kappa shape index (κ3) is 3.07. The van der Waals surface area contributed by atoms with Crippen LogP contribution in [0.2, 0.25) is 0 Å². The Kier molecular flexibility index (Phi) is 4.58. The molecular weight excluding hydrogens is 401 g/mol. The van der Waals surface area contributed by atoms with Gasteiger partial charge in [-0.15, -0.1) is 11.3 Å². The summed E-state index contributed by atoms with van der Waals surface area (Å²) < 4.78 is 23.5. The number of hydrogen-bond donors (Lipinski definition) is 1. The summed E-state index contributed by atoms with van der Waals surface area (Å²) >= 11 is 4.92. The molecule has 3 rings (SSSR count). The van der Waals surface area contributed by atoms with Crippen molar-refractivity contribution in [3.8, 4) is 0 Å². The van der Waals surface area contributed by atoms with Crippen molar-refractivity contribution < 1.29 is 18.4 Å². The highest BCUT2D eigenvalue weighted by Gasteiger charge is 2.30. The topological polar surface area (TPSA) is 64.6 Å². The first-order chi connectivity index (χ1) is 11.0. The van der Waals surface area contributed by atoms with E-state index in [-0.39, 0.29) is 5.91 Å². The second-order valence-corrected chi connectivity index (χ2v) is 8.87. The SMILES string of the molecule is COP(=O)(OC)c1ccc2c(c1)C(=Cc1cc(Br)cs1)C(=O)N2. The molecule has 23 heavy (non-hydrogen) atoms. The fourth-order valence-electron chi connectivity index (χ4n) is 2.32. The smallest absolute Gasteiger partial charge is 0.321 e. The van der Waals surface area contributed by atoms with Crippen LogP contribution in [0.4, 0.5) is 5.69 Å². The Bertz CT molecular complexity index is 853. The third-order valence-electron chi connectivity index (χ3n) is 3.46. The van der Waals surface area contributed by atoms with Gasteiger partial charge in [-0.05, 0) is 46.3 Å². The van der Waals surface area contributed by atoms with Crippen LogP contribution in [-0.4, -0.2) is 20.1 Å². The van der Waals surface area contributed by atoms with Crippen LogP contribution < -0.4 is 10.6 Å². The molecule has 0 atom stereocenters. The van der Waals surface area contributed by atoms with Crippen molar-refractivity contribution >= 4 is 63.4 Å². The lowest BCUT2D eigenvalue weighted by molar-refractivity contribution is -0.110. The molecule has 0 saturated heterocycles. The number of nitrogens with one attached hydrogen (secondary N) is 1. The molecule has 8 heteroatoms. The largest absolute Gasteiger partial charge is 0.360 e. The van der Waals surface area contributed by atoms with Crippen LogP contribution in [0.5, 0.6) is 0 Å². The Balaban J connectivity index is 2.10. The number of rotatable bonds is 4. The van der Waals surface area contributed by atoms with Crippen molar-refractivity contribution in [1.29, 1.82) is 0 Å². The van der Waals surface area contributed by atoms with Crippen molar-refractivity contribution in [1.82, 2.24) is 0 Å². The first-order valence-corrected chi connectivity index (χ1v) is 9.82. The number of fused-ring (bicyclic) bond motifs is 1. The van der Waals surface area contributed by atoms with Crippen molar-refractivity contribution in [3.63, 3.8) is 0 Å². The molecule has 0 fully saturated rings. The third-order valence-corrected chi connectivity index (χ3v) is 6.97.